The lowest BCUT2D eigenvalue weighted by Crippen LogP contribution is -2.33. The molecule has 0 radical (unpaired) electrons. The zero-order valence-corrected chi connectivity index (χ0v) is 14.2. The largest absolute Gasteiger partial charge is 0.492 e. The third-order valence-corrected chi connectivity index (χ3v) is 4.33. The lowest BCUT2D eigenvalue weighted by molar-refractivity contribution is -0.142. The molecule has 3 rings (SSSR count). The molecule has 2 aromatic rings. The number of alkyl halides is 3. The van der Waals surface area contributed by atoms with Gasteiger partial charge >= 0.3 is 6.18 Å². The van der Waals surface area contributed by atoms with Gasteiger partial charge in [0.1, 0.15) is 18.1 Å². The Kier molecular flexibility index (Phi) is 5.32. The number of likely N-dealkylation sites (tertiary alicyclic amines) is 1. The first kappa shape index (κ1) is 17.8. The quantitative estimate of drug-likeness (QED) is 0.812. The number of hydrogen-bond acceptors (Lipinski definition) is 3. The van der Waals surface area contributed by atoms with Gasteiger partial charge in [-0.3, -0.25) is 4.90 Å². The first-order valence-electron chi connectivity index (χ1n) is 8.53. The van der Waals surface area contributed by atoms with Crippen LogP contribution in [0, 0.1) is 6.92 Å². The molecule has 4 nitrogen and oxygen atoms in total. The highest BCUT2D eigenvalue weighted by Crippen LogP contribution is 2.31. The van der Waals surface area contributed by atoms with Gasteiger partial charge in [-0.05, 0) is 63.2 Å². The Hall–Kier alpha value is -2.02. The van der Waals surface area contributed by atoms with Gasteiger partial charge in [0.25, 0.3) is 0 Å². The summed E-state index contributed by atoms with van der Waals surface area (Å²) in [5.74, 6) is 0.651. The summed E-state index contributed by atoms with van der Waals surface area (Å²) in [6.45, 7) is 5.22. The normalized spacial score (nSPS) is 16.2. The first-order chi connectivity index (χ1) is 11.9. The molecule has 0 unspecified atom stereocenters. The van der Waals surface area contributed by atoms with Crippen LogP contribution in [0.25, 0.3) is 5.69 Å². The van der Waals surface area contributed by atoms with Crippen LogP contribution >= 0.6 is 0 Å². The molecule has 1 aliphatic heterocycles. The molecule has 1 aromatic heterocycles. The molecule has 1 fully saturated rings. The number of hydrogen-bond donors (Lipinski definition) is 0. The fourth-order valence-electron chi connectivity index (χ4n) is 3.06. The Balaban J connectivity index is 1.62. The second kappa shape index (κ2) is 7.47. The summed E-state index contributed by atoms with van der Waals surface area (Å²) in [7, 11) is 0. The number of aromatic nitrogens is 2. The van der Waals surface area contributed by atoms with Gasteiger partial charge in [0, 0.05) is 6.54 Å². The molecule has 1 aromatic carbocycles. The van der Waals surface area contributed by atoms with Crippen molar-refractivity contribution in [2.75, 3.05) is 26.2 Å². The van der Waals surface area contributed by atoms with Crippen molar-refractivity contribution in [1.82, 2.24) is 14.7 Å². The van der Waals surface area contributed by atoms with Gasteiger partial charge in [0.15, 0.2) is 0 Å². The van der Waals surface area contributed by atoms with E-state index < -0.39 is 11.9 Å². The minimum absolute atomic E-state index is 0.328. The molecule has 136 valence electrons. The number of halogens is 3. The fourth-order valence-corrected chi connectivity index (χ4v) is 3.06. The van der Waals surface area contributed by atoms with Gasteiger partial charge in [-0.25, -0.2) is 4.68 Å². The number of rotatable bonds is 5. The molecular formula is C18H22F3N3O. The zero-order valence-electron chi connectivity index (χ0n) is 14.2. The summed E-state index contributed by atoms with van der Waals surface area (Å²) in [6.07, 6.45) is -0.671. The molecular weight excluding hydrogens is 331 g/mol. The fraction of sp³-hybridized carbons (Fsp3) is 0.500. The van der Waals surface area contributed by atoms with Gasteiger partial charge in [-0.15, -0.1) is 0 Å². The maximum Gasteiger partial charge on any atom is 0.433 e. The van der Waals surface area contributed by atoms with Crippen molar-refractivity contribution in [3.8, 4) is 11.4 Å². The lowest BCUT2D eigenvalue weighted by Gasteiger charge is -2.26. The Morgan fingerprint density at radius 2 is 1.76 bits per heavy atom. The number of ether oxygens (including phenoxy) is 1. The summed E-state index contributed by atoms with van der Waals surface area (Å²) >= 11 is 0. The molecule has 0 spiro atoms. The number of piperidine rings is 1. The van der Waals surface area contributed by atoms with E-state index in [1.54, 1.807) is 31.2 Å². The van der Waals surface area contributed by atoms with E-state index in [9.17, 15) is 13.2 Å². The topological polar surface area (TPSA) is 30.3 Å². The van der Waals surface area contributed by atoms with E-state index in [0.29, 0.717) is 23.7 Å². The Morgan fingerprint density at radius 1 is 1.08 bits per heavy atom. The van der Waals surface area contributed by atoms with Crippen LogP contribution in [-0.4, -0.2) is 40.9 Å². The average molecular weight is 353 g/mol. The van der Waals surface area contributed by atoms with Gasteiger partial charge in [0.2, 0.25) is 0 Å². The van der Waals surface area contributed by atoms with Crippen LogP contribution in [0.5, 0.6) is 5.75 Å². The van der Waals surface area contributed by atoms with E-state index in [2.05, 4.69) is 10.00 Å². The van der Waals surface area contributed by atoms with E-state index in [-0.39, 0.29) is 0 Å². The second-order valence-corrected chi connectivity index (χ2v) is 6.33. The number of nitrogens with zero attached hydrogens (tertiary/aromatic N) is 3. The van der Waals surface area contributed by atoms with Crippen LogP contribution in [0.2, 0.25) is 0 Å². The van der Waals surface area contributed by atoms with E-state index in [0.717, 1.165) is 30.4 Å². The van der Waals surface area contributed by atoms with Crippen molar-refractivity contribution in [2.45, 2.75) is 32.4 Å². The van der Waals surface area contributed by atoms with Gasteiger partial charge in [-0.2, -0.15) is 18.3 Å². The lowest BCUT2D eigenvalue weighted by atomic mass is 10.1. The maximum atomic E-state index is 13.1. The van der Waals surface area contributed by atoms with Crippen molar-refractivity contribution >= 4 is 0 Å². The highest BCUT2D eigenvalue weighted by Gasteiger charge is 2.35. The molecule has 0 amide bonds. The third-order valence-electron chi connectivity index (χ3n) is 4.33. The van der Waals surface area contributed by atoms with Crippen LogP contribution < -0.4 is 4.74 Å². The van der Waals surface area contributed by atoms with E-state index in [1.807, 2.05) is 0 Å². The summed E-state index contributed by atoms with van der Waals surface area (Å²) < 4.78 is 45.9. The highest BCUT2D eigenvalue weighted by atomic mass is 19.4. The van der Waals surface area contributed by atoms with Crippen molar-refractivity contribution in [2.24, 2.45) is 0 Å². The maximum absolute atomic E-state index is 13.1. The Bertz CT molecular complexity index is 689. The smallest absolute Gasteiger partial charge is 0.433 e. The summed E-state index contributed by atoms with van der Waals surface area (Å²) in [6, 6.07) is 7.60. The molecule has 2 heterocycles. The van der Waals surface area contributed by atoms with E-state index in [4.69, 9.17) is 4.74 Å². The third kappa shape index (κ3) is 4.54. The van der Waals surface area contributed by atoms with Crippen LogP contribution in [0.3, 0.4) is 0 Å². The molecule has 1 aliphatic rings. The predicted molar refractivity (Wildman–Crippen MR) is 89.1 cm³/mol. The molecule has 0 saturated carbocycles. The van der Waals surface area contributed by atoms with Gasteiger partial charge < -0.3 is 4.74 Å². The van der Waals surface area contributed by atoms with Crippen molar-refractivity contribution in [3.63, 3.8) is 0 Å². The van der Waals surface area contributed by atoms with Gasteiger partial charge in [-0.1, -0.05) is 6.42 Å². The minimum atomic E-state index is -4.44. The molecule has 25 heavy (non-hydrogen) atoms. The van der Waals surface area contributed by atoms with Crippen LogP contribution in [-0.2, 0) is 6.18 Å². The van der Waals surface area contributed by atoms with Crippen molar-refractivity contribution in [3.05, 3.63) is 41.7 Å². The second-order valence-electron chi connectivity index (χ2n) is 6.33. The molecule has 7 heteroatoms. The van der Waals surface area contributed by atoms with Crippen LogP contribution in [0.1, 0.15) is 30.7 Å². The Morgan fingerprint density at radius 3 is 2.40 bits per heavy atom. The number of aryl methyl sites for hydroxylation is 1. The Labute approximate surface area is 145 Å². The standard InChI is InChI=1S/C18H22F3N3O/c1-14-13-17(18(19,20)21)24(22-14)15-5-7-16(8-6-15)25-12-11-23-9-3-2-4-10-23/h5-8,13H,2-4,9-12H2,1H3. The summed E-state index contributed by atoms with van der Waals surface area (Å²) in [5.41, 5.74) is -0.0817. The minimum Gasteiger partial charge on any atom is -0.492 e. The highest BCUT2D eigenvalue weighted by molar-refractivity contribution is 5.39. The van der Waals surface area contributed by atoms with Crippen LogP contribution in [0.4, 0.5) is 13.2 Å². The van der Waals surface area contributed by atoms with Crippen molar-refractivity contribution < 1.29 is 17.9 Å². The average Bonchev–Trinajstić information content (AvgIpc) is 2.99. The predicted octanol–water partition coefficient (Wildman–Crippen LogP) is 4.06. The number of benzene rings is 1. The summed E-state index contributed by atoms with van der Waals surface area (Å²) in [4.78, 5) is 2.37. The SMILES string of the molecule is Cc1cc(C(F)(F)F)n(-c2ccc(OCCN3CCCCC3)cc2)n1. The zero-order chi connectivity index (χ0) is 17.9. The van der Waals surface area contributed by atoms with Gasteiger partial charge in [0.05, 0.1) is 11.4 Å². The van der Waals surface area contributed by atoms with Crippen molar-refractivity contribution in [1.29, 1.82) is 0 Å². The molecule has 0 N–H and O–H groups in total. The molecule has 0 atom stereocenters. The molecule has 0 bridgehead atoms. The molecule has 0 aliphatic carbocycles. The molecule has 1 saturated heterocycles. The first-order valence-corrected chi connectivity index (χ1v) is 8.53. The monoisotopic (exact) mass is 353 g/mol. The summed E-state index contributed by atoms with van der Waals surface area (Å²) in [5, 5.41) is 3.95. The van der Waals surface area contributed by atoms with E-state index >= 15 is 0 Å². The van der Waals surface area contributed by atoms with Crippen LogP contribution in [0.15, 0.2) is 30.3 Å². The van der Waals surface area contributed by atoms with E-state index in [1.165, 1.54) is 19.3 Å².